The van der Waals surface area contributed by atoms with E-state index in [0.717, 1.165) is 24.0 Å². The number of esters is 2. The summed E-state index contributed by atoms with van der Waals surface area (Å²) in [7, 11) is 1.57. The Labute approximate surface area is 289 Å². The van der Waals surface area contributed by atoms with E-state index in [1.165, 1.54) is 0 Å². The van der Waals surface area contributed by atoms with Gasteiger partial charge in [-0.05, 0) is 121 Å². The fourth-order valence-corrected chi connectivity index (χ4v) is 6.05. The Hall–Kier alpha value is -3.86. The fraction of sp³-hybridized carbons (Fsp3) is 0.361. The van der Waals surface area contributed by atoms with E-state index in [9.17, 15) is 14.4 Å². The molecule has 250 valence electrons. The Morgan fingerprint density at radius 1 is 0.915 bits per heavy atom. The van der Waals surface area contributed by atoms with Crippen LogP contribution in [0.1, 0.15) is 70.6 Å². The molecule has 0 aliphatic heterocycles. The molecule has 0 unspecified atom stereocenters. The van der Waals surface area contributed by atoms with Gasteiger partial charge in [0.2, 0.25) is 0 Å². The number of unbranched alkanes of at least 4 members (excludes halogenated alkanes) is 2. The number of carbonyl (C=O) groups is 3. The maximum Gasteiger partial charge on any atom is 0.338 e. The SMILES string of the molecule is CCN(CC)Cc1cc(C(=O)OCCCCCOC(=O)Cc2c(C)n(C(=O)c3ccc(Cl)cc3)c3ccc(OC)cc23)cc(Br)c1N. The molecule has 0 aliphatic rings. The Kier molecular flexibility index (Phi) is 12.9. The lowest BCUT2D eigenvalue weighted by Gasteiger charge is -2.20. The number of hydrogen-bond donors (Lipinski definition) is 1. The third-order valence-corrected chi connectivity index (χ3v) is 9.09. The van der Waals surface area contributed by atoms with Gasteiger partial charge in [0.1, 0.15) is 5.75 Å². The number of nitrogens with zero attached hydrogens (tertiary/aromatic N) is 2. The molecule has 2 N–H and O–H groups in total. The molecule has 0 saturated heterocycles. The lowest BCUT2D eigenvalue weighted by molar-refractivity contribution is -0.142. The molecule has 4 aromatic rings. The van der Waals surface area contributed by atoms with Crippen molar-refractivity contribution in [3.8, 4) is 5.75 Å². The third kappa shape index (κ3) is 8.94. The van der Waals surface area contributed by atoms with Crippen molar-refractivity contribution in [2.75, 3.05) is 39.1 Å². The summed E-state index contributed by atoms with van der Waals surface area (Å²) in [5, 5.41) is 1.28. The Morgan fingerprint density at radius 2 is 1.60 bits per heavy atom. The summed E-state index contributed by atoms with van der Waals surface area (Å²) in [5.74, 6) is -0.403. The van der Waals surface area contributed by atoms with Crippen LogP contribution in [0.15, 0.2) is 59.1 Å². The predicted molar refractivity (Wildman–Crippen MR) is 188 cm³/mol. The van der Waals surface area contributed by atoms with Gasteiger partial charge in [0.15, 0.2) is 0 Å². The van der Waals surface area contributed by atoms with E-state index in [1.807, 2.05) is 19.1 Å². The fourth-order valence-electron chi connectivity index (χ4n) is 5.42. The quantitative estimate of drug-likeness (QED) is 0.0758. The first-order valence-corrected chi connectivity index (χ1v) is 16.9. The maximum atomic E-state index is 13.5. The molecule has 0 spiro atoms. The van der Waals surface area contributed by atoms with Gasteiger partial charge in [-0.1, -0.05) is 25.4 Å². The van der Waals surface area contributed by atoms with E-state index in [1.54, 1.807) is 54.1 Å². The lowest BCUT2D eigenvalue weighted by atomic mass is 10.1. The number of aromatic nitrogens is 1. The number of fused-ring (bicyclic) bond motifs is 1. The number of ether oxygens (including phenoxy) is 3. The molecule has 0 amide bonds. The minimum Gasteiger partial charge on any atom is -0.497 e. The van der Waals surface area contributed by atoms with Crippen LogP contribution in [0.2, 0.25) is 5.02 Å². The van der Waals surface area contributed by atoms with Crippen LogP contribution in [-0.4, -0.2) is 60.7 Å². The Bertz CT molecular complexity index is 1730. The highest BCUT2D eigenvalue weighted by molar-refractivity contribution is 9.10. The van der Waals surface area contributed by atoms with Crippen LogP contribution in [0.3, 0.4) is 0 Å². The zero-order chi connectivity index (χ0) is 34.1. The number of halogens is 2. The van der Waals surface area contributed by atoms with E-state index in [-0.39, 0.29) is 25.5 Å². The molecule has 1 heterocycles. The summed E-state index contributed by atoms with van der Waals surface area (Å²) in [6.07, 6.45) is 1.96. The second-order valence-corrected chi connectivity index (χ2v) is 12.5. The van der Waals surface area contributed by atoms with Crippen molar-refractivity contribution < 1.29 is 28.6 Å². The summed E-state index contributed by atoms with van der Waals surface area (Å²) >= 11 is 9.49. The molecule has 3 aromatic carbocycles. The maximum absolute atomic E-state index is 13.5. The second-order valence-electron chi connectivity index (χ2n) is 11.2. The molecular weight excluding hydrogens is 686 g/mol. The molecule has 0 aliphatic carbocycles. The highest BCUT2D eigenvalue weighted by Crippen LogP contribution is 2.31. The van der Waals surface area contributed by atoms with Gasteiger partial charge in [0.25, 0.3) is 5.91 Å². The molecule has 1 aromatic heterocycles. The van der Waals surface area contributed by atoms with E-state index in [2.05, 4.69) is 34.7 Å². The average Bonchev–Trinajstić information content (AvgIpc) is 3.34. The Morgan fingerprint density at radius 3 is 2.26 bits per heavy atom. The Balaban J connectivity index is 1.29. The number of anilines is 1. The summed E-state index contributed by atoms with van der Waals surface area (Å²) in [6.45, 7) is 8.87. The monoisotopic (exact) mass is 725 g/mol. The number of hydrogen-bond acceptors (Lipinski definition) is 8. The summed E-state index contributed by atoms with van der Waals surface area (Å²) in [6, 6.07) is 15.6. The lowest BCUT2D eigenvalue weighted by Crippen LogP contribution is -2.23. The molecule has 11 heteroatoms. The first kappa shape index (κ1) is 36.0. The van der Waals surface area contributed by atoms with Crippen LogP contribution in [0.25, 0.3) is 10.9 Å². The van der Waals surface area contributed by atoms with Gasteiger partial charge in [0.05, 0.1) is 43.5 Å². The van der Waals surface area contributed by atoms with Gasteiger partial charge in [0, 0.05) is 32.7 Å². The second kappa shape index (κ2) is 16.8. The zero-order valence-electron chi connectivity index (χ0n) is 27.2. The standard InChI is InChI=1S/C36H41BrClN3O6/c1-5-40(6-2)22-26-18-25(19-31(37)34(26)39)36(44)47-17-9-7-8-16-46-33(42)21-29-23(3)41(32-15-14-28(45-4)20-30(29)32)35(43)24-10-12-27(38)13-11-24/h10-15,18-20H,5-9,16-17,21-22,39H2,1-4H3. The largest absolute Gasteiger partial charge is 0.497 e. The van der Waals surface area contributed by atoms with Crippen molar-refractivity contribution in [1.82, 2.24) is 9.47 Å². The summed E-state index contributed by atoms with van der Waals surface area (Å²) in [4.78, 5) is 41.4. The number of nitrogens with two attached hydrogens (primary N) is 1. The number of nitrogen functional groups attached to an aromatic ring is 1. The van der Waals surface area contributed by atoms with E-state index in [4.69, 9.17) is 31.5 Å². The van der Waals surface area contributed by atoms with Gasteiger partial charge in [-0.15, -0.1) is 0 Å². The number of benzene rings is 3. The number of rotatable bonds is 15. The topological polar surface area (TPSA) is 113 Å². The van der Waals surface area contributed by atoms with Crippen molar-refractivity contribution >= 4 is 62.0 Å². The van der Waals surface area contributed by atoms with Crippen LogP contribution in [0, 0.1) is 6.92 Å². The molecule has 0 fully saturated rings. The highest BCUT2D eigenvalue weighted by Gasteiger charge is 2.23. The van der Waals surface area contributed by atoms with Crippen LogP contribution in [0.5, 0.6) is 5.75 Å². The smallest absolute Gasteiger partial charge is 0.338 e. The zero-order valence-corrected chi connectivity index (χ0v) is 29.6. The molecule has 0 radical (unpaired) electrons. The van der Waals surface area contributed by atoms with Crippen LogP contribution in [-0.2, 0) is 27.2 Å². The van der Waals surface area contributed by atoms with Gasteiger partial charge in [-0.3, -0.25) is 19.1 Å². The molecule has 4 rings (SSSR count). The van der Waals surface area contributed by atoms with E-state index < -0.39 is 11.9 Å². The highest BCUT2D eigenvalue weighted by atomic mass is 79.9. The molecule has 47 heavy (non-hydrogen) atoms. The van der Waals surface area contributed by atoms with Crippen LogP contribution < -0.4 is 10.5 Å². The summed E-state index contributed by atoms with van der Waals surface area (Å²) < 4.78 is 18.7. The number of methoxy groups -OCH3 is 1. The van der Waals surface area contributed by atoms with Crippen molar-refractivity contribution in [2.45, 2.75) is 53.0 Å². The molecular formula is C36H41BrClN3O6. The van der Waals surface area contributed by atoms with Gasteiger partial charge in [-0.2, -0.15) is 0 Å². The van der Waals surface area contributed by atoms with Crippen LogP contribution >= 0.6 is 27.5 Å². The average molecular weight is 727 g/mol. The normalized spacial score (nSPS) is 11.2. The molecule has 9 nitrogen and oxygen atoms in total. The number of carbonyl (C=O) groups excluding carboxylic acids is 3. The van der Waals surface area contributed by atoms with Gasteiger partial charge >= 0.3 is 11.9 Å². The van der Waals surface area contributed by atoms with Crippen LogP contribution in [0.4, 0.5) is 5.69 Å². The van der Waals surface area contributed by atoms with Gasteiger partial charge < -0.3 is 19.9 Å². The third-order valence-electron chi connectivity index (χ3n) is 8.18. The minimum atomic E-state index is -0.404. The summed E-state index contributed by atoms with van der Waals surface area (Å²) in [5.41, 5.74) is 10.7. The first-order valence-electron chi connectivity index (χ1n) is 15.7. The van der Waals surface area contributed by atoms with Crippen molar-refractivity contribution in [3.05, 3.63) is 92.0 Å². The first-order chi connectivity index (χ1) is 22.6. The van der Waals surface area contributed by atoms with Crippen molar-refractivity contribution in [3.63, 3.8) is 0 Å². The predicted octanol–water partition coefficient (Wildman–Crippen LogP) is 7.60. The molecule has 0 atom stereocenters. The minimum absolute atomic E-state index is 0.00141. The van der Waals surface area contributed by atoms with Gasteiger partial charge in [-0.25, -0.2) is 4.79 Å². The van der Waals surface area contributed by atoms with E-state index in [0.29, 0.717) is 74.6 Å². The van der Waals surface area contributed by atoms with E-state index >= 15 is 0 Å². The van der Waals surface area contributed by atoms with Crippen molar-refractivity contribution in [1.29, 1.82) is 0 Å². The van der Waals surface area contributed by atoms with Crippen molar-refractivity contribution in [2.24, 2.45) is 0 Å². The molecule has 0 bridgehead atoms. The molecule has 0 saturated carbocycles.